The molecule has 1 fully saturated rings. The summed E-state index contributed by atoms with van der Waals surface area (Å²) >= 11 is 0. The molecule has 0 radical (unpaired) electrons. The van der Waals surface area contributed by atoms with E-state index >= 15 is 0 Å². The maximum Gasteiger partial charge on any atom is 0.308 e. The van der Waals surface area contributed by atoms with E-state index in [1.165, 1.54) is 6.33 Å². The number of carbonyl (C=O) groups is 2. The van der Waals surface area contributed by atoms with E-state index in [2.05, 4.69) is 10.1 Å². The van der Waals surface area contributed by atoms with Crippen molar-refractivity contribution in [1.82, 2.24) is 19.7 Å². The van der Waals surface area contributed by atoms with Crippen molar-refractivity contribution in [2.45, 2.75) is 32.7 Å². The van der Waals surface area contributed by atoms with Crippen LogP contribution in [0.4, 0.5) is 0 Å². The van der Waals surface area contributed by atoms with Crippen LogP contribution in [0, 0.1) is 12.8 Å². The smallest absolute Gasteiger partial charge is 0.308 e. The average molecular weight is 328 g/mol. The number of carbonyl (C=O) groups excluding carboxylic acids is 1. The number of aliphatic carboxylic acids is 1. The van der Waals surface area contributed by atoms with Gasteiger partial charge in [-0.15, -0.1) is 0 Å². The molecule has 1 N–H and O–H groups in total. The highest BCUT2D eigenvalue weighted by molar-refractivity contribution is 5.96. The molecular weight excluding hydrogens is 308 g/mol. The fourth-order valence-corrected chi connectivity index (χ4v) is 2.68. The molecule has 1 aromatic heterocycles. The van der Waals surface area contributed by atoms with Crippen molar-refractivity contribution in [2.24, 2.45) is 5.92 Å². The minimum absolute atomic E-state index is 0.103. The van der Waals surface area contributed by atoms with Crippen molar-refractivity contribution in [3.63, 3.8) is 0 Å². The van der Waals surface area contributed by atoms with Gasteiger partial charge in [0, 0.05) is 18.2 Å². The van der Waals surface area contributed by atoms with E-state index in [4.69, 9.17) is 5.11 Å². The van der Waals surface area contributed by atoms with E-state index in [1.54, 1.807) is 28.9 Å². The Morgan fingerprint density at radius 3 is 2.71 bits per heavy atom. The molecule has 126 valence electrons. The molecule has 2 aromatic rings. The molecule has 0 spiro atoms. The Kier molecular flexibility index (Phi) is 4.33. The third-order valence-corrected chi connectivity index (χ3v) is 4.26. The monoisotopic (exact) mass is 328 g/mol. The van der Waals surface area contributed by atoms with Gasteiger partial charge in [-0.25, -0.2) is 9.67 Å². The van der Waals surface area contributed by atoms with E-state index in [1.807, 2.05) is 19.1 Å². The van der Waals surface area contributed by atoms with Gasteiger partial charge in [0.2, 0.25) is 0 Å². The second-order valence-electron chi connectivity index (χ2n) is 6.27. The van der Waals surface area contributed by atoms with Gasteiger partial charge >= 0.3 is 5.97 Å². The van der Waals surface area contributed by atoms with Crippen LogP contribution in [0.1, 0.15) is 35.7 Å². The van der Waals surface area contributed by atoms with E-state index in [0.717, 1.165) is 24.1 Å². The zero-order valence-electron chi connectivity index (χ0n) is 13.7. The molecule has 1 aliphatic carbocycles. The minimum atomic E-state index is -0.883. The fraction of sp³-hybridized carbons (Fsp3) is 0.412. The van der Waals surface area contributed by atoms with Crippen LogP contribution in [0.3, 0.4) is 0 Å². The Morgan fingerprint density at radius 1 is 1.42 bits per heavy atom. The number of amides is 1. The van der Waals surface area contributed by atoms with Crippen LogP contribution in [-0.4, -0.2) is 49.2 Å². The third kappa shape index (κ3) is 3.29. The molecule has 3 rings (SSSR count). The molecule has 1 aromatic carbocycles. The van der Waals surface area contributed by atoms with Crippen molar-refractivity contribution in [3.05, 3.63) is 42.0 Å². The van der Waals surface area contributed by atoms with E-state index in [-0.39, 0.29) is 18.5 Å². The predicted molar refractivity (Wildman–Crippen MR) is 87.0 cm³/mol. The number of hydrogen-bond acceptors (Lipinski definition) is 4. The molecule has 0 aliphatic heterocycles. The molecule has 24 heavy (non-hydrogen) atoms. The summed E-state index contributed by atoms with van der Waals surface area (Å²) in [5.74, 6) is -1.57. The lowest BCUT2D eigenvalue weighted by molar-refractivity contribution is -0.141. The van der Waals surface area contributed by atoms with Crippen molar-refractivity contribution < 1.29 is 14.7 Å². The fourth-order valence-electron chi connectivity index (χ4n) is 2.68. The van der Waals surface area contributed by atoms with Crippen LogP contribution in [0.25, 0.3) is 5.69 Å². The van der Waals surface area contributed by atoms with Crippen molar-refractivity contribution >= 4 is 11.9 Å². The SMILES string of the molecule is Cc1cc(-n2cncn2)ccc1C(=O)N(CC(C)C(=O)O)C1CC1. The first-order valence-electron chi connectivity index (χ1n) is 7.97. The Hall–Kier alpha value is -2.70. The minimum Gasteiger partial charge on any atom is -0.481 e. The normalized spacial score (nSPS) is 15.1. The molecule has 7 heteroatoms. The molecule has 0 saturated heterocycles. The maximum absolute atomic E-state index is 12.9. The van der Waals surface area contributed by atoms with Gasteiger partial charge < -0.3 is 10.0 Å². The lowest BCUT2D eigenvalue weighted by Crippen LogP contribution is -2.38. The molecule has 1 unspecified atom stereocenters. The number of carboxylic acids is 1. The second kappa shape index (κ2) is 6.43. The van der Waals surface area contributed by atoms with Crippen LogP contribution >= 0.6 is 0 Å². The van der Waals surface area contributed by atoms with Crippen LogP contribution < -0.4 is 0 Å². The van der Waals surface area contributed by atoms with Crippen LogP contribution in [0.15, 0.2) is 30.9 Å². The molecule has 7 nitrogen and oxygen atoms in total. The summed E-state index contributed by atoms with van der Waals surface area (Å²) in [6, 6.07) is 5.64. The van der Waals surface area contributed by atoms with Crippen molar-refractivity contribution in [2.75, 3.05) is 6.54 Å². The summed E-state index contributed by atoms with van der Waals surface area (Å²) in [7, 11) is 0. The molecule has 1 saturated carbocycles. The Bertz CT molecular complexity index is 753. The van der Waals surface area contributed by atoms with Gasteiger partial charge in [0.25, 0.3) is 5.91 Å². The van der Waals surface area contributed by atoms with E-state index < -0.39 is 11.9 Å². The number of rotatable bonds is 6. The third-order valence-electron chi connectivity index (χ3n) is 4.26. The van der Waals surface area contributed by atoms with E-state index in [0.29, 0.717) is 5.56 Å². The van der Waals surface area contributed by atoms with E-state index in [9.17, 15) is 9.59 Å². The first-order valence-corrected chi connectivity index (χ1v) is 7.97. The molecule has 1 atom stereocenters. The van der Waals surface area contributed by atoms with Crippen molar-refractivity contribution in [1.29, 1.82) is 0 Å². The first-order chi connectivity index (χ1) is 11.5. The summed E-state index contributed by atoms with van der Waals surface area (Å²) < 4.78 is 1.63. The highest BCUT2D eigenvalue weighted by Crippen LogP contribution is 2.30. The summed E-state index contributed by atoms with van der Waals surface area (Å²) in [5, 5.41) is 13.2. The molecular formula is C17H20N4O3. The quantitative estimate of drug-likeness (QED) is 0.875. The lowest BCUT2D eigenvalue weighted by atomic mass is 10.1. The number of aromatic nitrogens is 3. The standard InChI is InChI=1S/C17H20N4O3/c1-11-7-14(21-10-18-9-19-21)5-6-15(11)16(22)20(13-3-4-13)8-12(2)17(23)24/h5-7,9-10,12-13H,3-4,8H2,1-2H3,(H,23,24). The average Bonchev–Trinajstić information content (AvgIpc) is 3.24. The van der Waals surface area contributed by atoms with Gasteiger partial charge in [-0.1, -0.05) is 6.92 Å². The summed E-state index contributed by atoms with van der Waals surface area (Å²) in [4.78, 5) is 29.6. The lowest BCUT2D eigenvalue weighted by Gasteiger charge is -2.25. The first kappa shape index (κ1) is 16.2. The van der Waals surface area contributed by atoms with Crippen LogP contribution in [-0.2, 0) is 4.79 Å². The zero-order chi connectivity index (χ0) is 17.3. The summed E-state index contributed by atoms with van der Waals surface area (Å²) in [6.45, 7) is 3.74. The molecule has 1 amide bonds. The Labute approximate surface area is 139 Å². The summed E-state index contributed by atoms with van der Waals surface area (Å²) in [5.41, 5.74) is 2.27. The highest BCUT2D eigenvalue weighted by atomic mass is 16.4. The molecule has 0 bridgehead atoms. The maximum atomic E-state index is 12.9. The number of benzene rings is 1. The molecule has 1 heterocycles. The predicted octanol–water partition coefficient (Wildman–Crippen LogP) is 1.90. The van der Waals surface area contributed by atoms with Gasteiger partial charge in [0.05, 0.1) is 11.6 Å². The number of carboxylic acid groups (broad SMARTS) is 1. The van der Waals surface area contributed by atoms with Gasteiger partial charge in [-0.3, -0.25) is 9.59 Å². The number of aryl methyl sites for hydroxylation is 1. The number of nitrogens with zero attached hydrogens (tertiary/aromatic N) is 4. The van der Waals surface area contributed by atoms with Gasteiger partial charge in [0.1, 0.15) is 12.7 Å². The van der Waals surface area contributed by atoms with Crippen LogP contribution in [0.5, 0.6) is 0 Å². The Morgan fingerprint density at radius 2 is 2.17 bits per heavy atom. The van der Waals surface area contributed by atoms with Gasteiger partial charge in [-0.2, -0.15) is 5.10 Å². The van der Waals surface area contributed by atoms with Crippen LogP contribution in [0.2, 0.25) is 0 Å². The Balaban J connectivity index is 1.83. The second-order valence-corrected chi connectivity index (χ2v) is 6.27. The topological polar surface area (TPSA) is 88.3 Å². The van der Waals surface area contributed by atoms with Gasteiger partial charge in [-0.05, 0) is 43.5 Å². The van der Waals surface area contributed by atoms with Crippen molar-refractivity contribution in [3.8, 4) is 5.69 Å². The largest absolute Gasteiger partial charge is 0.481 e. The highest BCUT2D eigenvalue weighted by Gasteiger charge is 2.35. The van der Waals surface area contributed by atoms with Gasteiger partial charge in [0.15, 0.2) is 0 Å². The molecule has 1 aliphatic rings. The number of hydrogen-bond donors (Lipinski definition) is 1. The summed E-state index contributed by atoms with van der Waals surface area (Å²) in [6.07, 6.45) is 4.93. The zero-order valence-corrected chi connectivity index (χ0v) is 13.7.